The molecule has 6 nitrogen and oxygen atoms in total. The van der Waals surface area contributed by atoms with Gasteiger partial charge in [0.05, 0.1) is 17.5 Å². The summed E-state index contributed by atoms with van der Waals surface area (Å²) in [6.07, 6.45) is 2.65. The number of urea groups is 1. The van der Waals surface area contributed by atoms with E-state index in [-0.39, 0.29) is 18.0 Å². The van der Waals surface area contributed by atoms with Gasteiger partial charge in [0.2, 0.25) is 0 Å². The van der Waals surface area contributed by atoms with Crippen molar-refractivity contribution < 1.29 is 19.4 Å². The minimum atomic E-state index is -0.738. The first-order valence-corrected chi connectivity index (χ1v) is 8.38. The number of rotatable bonds is 5. The summed E-state index contributed by atoms with van der Waals surface area (Å²) < 4.78 is 6.00. The molecule has 0 heterocycles. The molecule has 1 saturated carbocycles. The molecule has 0 aliphatic heterocycles. The van der Waals surface area contributed by atoms with E-state index >= 15 is 0 Å². The minimum absolute atomic E-state index is 0.0493. The molecule has 1 aromatic carbocycles. The molecule has 1 fully saturated rings. The summed E-state index contributed by atoms with van der Waals surface area (Å²) in [5.41, 5.74) is 0.961. The van der Waals surface area contributed by atoms with Gasteiger partial charge in [0.15, 0.2) is 0 Å². The third-order valence-corrected chi connectivity index (χ3v) is 4.70. The summed E-state index contributed by atoms with van der Waals surface area (Å²) in [4.78, 5) is 22.8. The predicted molar refractivity (Wildman–Crippen MR) is 89.4 cm³/mol. The van der Waals surface area contributed by atoms with E-state index in [2.05, 4.69) is 26.6 Å². The number of hydrogen-bond acceptors (Lipinski definition) is 3. The maximum atomic E-state index is 11.9. The fourth-order valence-corrected chi connectivity index (χ4v) is 3.31. The van der Waals surface area contributed by atoms with E-state index in [1.807, 2.05) is 18.2 Å². The van der Waals surface area contributed by atoms with Gasteiger partial charge in [-0.25, -0.2) is 4.79 Å². The second-order valence-electron chi connectivity index (χ2n) is 5.68. The molecule has 126 valence electrons. The summed E-state index contributed by atoms with van der Waals surface area (Å²) >= 11 is 3.41. The molecule has 0 saturated heterocycles. The van der Waals surface area contributed by atoms with Crippen molar-refractivity contribution in [2.24, 2.45) is 5.92 Å². The van der Waals surface area contributed by atoms with Crippen LogP contribution >= 0.6 is 15.9 Å². The molecular formula is C16H21BrN2O4. The highest BCUT2D eigenvalue weighted by atomic mass is 79.9. The van der Waals surface area contributed by atoms with E-state index in [1.165, 1.54) is 0 Å². The zero-order valence-corrected chi connectivity index (χ0v) is 14.6. The number of halogens is 1. The molecule has 2 rings (SSSR count). The average molecular weight is 385 g/mol. The highest BCUT2D eigenvalue weighted by Gasteiger charge is 2.26. The zero-order valence-electron chi connectivity index (χ0n) is 13.0. The first kappa shape index (κ1) is 17.6. The van der Waals surface area contributed by atoms with Crippen molar-refractivity contribution in [2.45, 2.75) is 38.3 Å². The van der Waals surface area contributed by atoms with Gasteiger partial charge in [-0.15, -0.1) is 0 Å². The molecule has 0 unspecified atom stereocenters. The Kier molecular flexibility index (Phi) is 6.27. The van der Waals surface area contributed by atoms with E-state index in [9.17, 15) is 9.59 Å². The number of ether oxygens (including phenoxy) is 1. The van der Waals surface area contributed by atoms with Crippen molar-refractivity contribution >= 4 is 27.9 Å². The van der Waals surface area contributed by atoms with Gasteiger partial charge in [-0.05, 0) is 59.3 Å². The second kappa shape index (κ2) is 8.19. The van der Waals surface area contributed by atoms with Crippen molar-refractivity contribution in [1.82, 2.24) is 10.6 Å². The molecule has 7 heteroatoms. The molecule has 2 amide bonds. The highest BCUT2D eigenvalue weighted by molar-refractivity contribution is 9.10. The number of methoxy groups -OCH3 is 1. The minimum Gasteiger partial charge on any atom is -0.496 e. The quantitative estimate of drug-likeness (QED) is 0.728. The number of carboxylic acid groups (broad SMARTS) is 1. The molecule has 0 bridgehead atoms. The summed E-state index contributed by atoms with van der Waals surface area (Å²) in [6.45, 7) is 0.416. The lowest BCUT2D eigenvalue weighted by molar-refractivity contribution is -0.142. The van der Waals surface area contributed by atoms with Gasteiger partial charge < -0.3 is 20.5 Å². The van der Waals surface area contributed by atoms with Crippen LogP contribution in [0.2, 0.25) is 0 Å². The Balaban J connectivity index is 1.75. The first-order valence-electron chi connectivity index (χ1n) is 7.59. The molecule has 0 atom stereocenters. The third-order valence-electron chi connectivity index (χ3n) is 4.08. The number of nitrogens with one attached hydrogen (secondary N) is 2. The molecule has 1 aliphatic carbocycles. The Morgan fingerprint density at radius 2 is 2.00 bits per heavy atom. The largest absolute Gasteiger partial charge is 0.496 e. The smallest absolute Gasteiger partial charge is 0.315 e. The predicted octanol–water partition coefficient (Wildman–Crippen LogP) is 2.90. The molecule has 3 N–H and O–H groups in total. The lowest BCUT2D eigenvalue weighted by atomic mass is 9.86. The van der Waals surface area contributed by atoms with Gasteiger partial charge in [0.1, 0.15) is 5.75 Å². The van der Waals surface area contributed by atoms with E-state index < -0.39 is 5.97 Å². The van der Waals surface area contributed by atoms with Gasteiger partial charge >= 0.3 is 12.0 Å². The van der Waals surface area contributed by atoms with Gasteiger partial charge in [-0.3, -0.25) is 4.79 Å². The lowest BCUT2D eigenvalue weighted by Gasteiger charge is -2.26. The first-order chi connectivity index (χ1) is 11.0. The number of carbonyl (C=O) groups is 2. The van der Waals surface area contributed by atoms with Crippen molar-refractivity contribution in [3.05, 3.63) is 28.2 Å². The fraction of sp³-hybridized carbons (Fsp3) is 0.500. The highest BCUT2D eigenvalue weighted by Crippen LogP contribution is 2.26. The van der Waals surface area contributed by atoms with Crippen LogP contribution in [0.25, 0.3) is 0 Å². The van der Waals surface area contributed by atoms with E-state index in [1.54, 1.807) is 7.11 Å². The Labute approximate surface area is 143 Å². The van der Waals surface area contributed by atoms with Crippen LogP contribution in [0, 0.1) is 5.92 Å². The summed E-state index contributed by atoms with van der Waals surface area (Å²) in [6, 6.07) is 5.45. The number of benzene rings is 1. The summed E-state index contributed by atoms with van der Waals surface area (Å²) in [5.74, 6) is -0.265. The number of amides is 2. The molecule has 1 aliphatic rings. The Morgan fingerprint density at radius 3 is 2.57 bits per heavy atom. The topological polar surface area (TPSA) is 87.7 Å². The second-order valence-corrected chi connectivity index (χ2v) is 6.54. The third kappa shape index (κ3) is 5.13. The molecule has 1 aromatic rings. The number of aliphatic carboxylic acids is 1. The van der Waals surface area contributed by atoms with Crippen LogP contribution in [0.5, 0.6) is 5.75 Å². The van der Waals surface area contributed by atoms with Crippen molar-refractivity contribution in [3.63, 3.8) is 0 Å². The summed E-state index contributed by atoms with van der Waals surface area (Å²) in [5, 5.41) is 14.7. The van der Waals surface area contributed by atoms with Crippen molar-refractivity contribution in [1.29, 1.82) is 0 Å². The molecule has 0 aromatic heterocycles. The van der Waals surface area contributed by atoms with Gasteiger partial charge in [0.25, 0.3) is 0 Å². The van der Waals surface area contributed by atoms with Gasteiger partial charge in [-0.2, -0.15) is 0 Å². The van der Waals surface area contributed by atoms with Gasteiger partial charge in [0, 0.05) is 12.6 Å². The van der Waals surface area contributed by atoms with Crippen LogP contribution in [-0.2, 0) is 11.3 Å². The van der Waals surface area contributed by atoms with Crippen LogP contribution in [0.3, 0.4) is 0 Å². The molecule has 0 spiro atoms. The Bertz CT molecular complexity index is 571. The molecule has 23 heavy (non-hydrogen) atoms. The number of hydrogen-bond donors (Lipinski definition) is 3. The Hall–Kier alpha value is -1.76. The standard InChI is InChI=1S/C16H21BrN2O4/c1-23-14-7-2-10(8-13(14)17)9-18-16(22)19-12-5-3-11(4-6-12)15(20)21/h2,7-8,11-12H,3-6,9H2,1H3,(H,20,21)(H2,18,19,22). The maximum absolute atomic E-state index is 11.9. The van der Waals surface area contributed by atoms with Crippen LogP contribution in [0.4, 0.5) is 4.79 Å². The zero-order chi connectivity index (χ0) is 16.8. The fourth-order valence-electron chi connectivity index (χ4n) is 2.72. The van der Waals surface area contributed by atoms with Crippen molar-refractivity contribution in [2.75, 3.05) is 7.11 Å². The number of carbonyl (C=O) groups excluding carboxylic acids is 1. The van der Waals surface area contributed by atoms with E-state index in [4.69, 9.17) is 9.84 Å². The number of carboxylic acids is 1. The normalized spacial score (nSPS) is 20.6. The SMILES string of the molecule is COc1ccc(CNC(=O)NC2CCC(C(=O)O)CC2)cc1Br. The van der Waals surface area contributed by atoms with Crippen molar-refractivity contribution in [3.8, 4) is 5.75 Å². The van der Waals surface area contributed by atoms with Crippen LogP contribution in [0.1, 0.15) is 31.2 Å². The van der Waals surface area contributed by atoms with E-state index in [0.717, 1.165) is 15.8 Å². The summed E-state index contributed by atoms with van der Waals surface area (Å²) in [7, 11) is 1.60. The lowest BCUT2D eigenvalue weighted by Crippen LogP contribution is -2.43. The molecule has 0 radical (unpaired) electrons. The van der Waals surface area contributed by atoms with Crippen LogP contribution in [-0.4, -0.2) is 30.3 Å². The van der Waals surface area contributed by atoms with E-state index in [0.29, 0.717) is 32.2 Å². The average Bonchev–Trinajstić information content (AvgIpc) is 2.53. The molecular weight excluding hydrogens is 364 g/mol. The van der Waals surface area contributed by atoms with Crippen LogP contribution in [0.15, 0.2) is 22.7 Å². The maximum Gasteiger partial charge on any atom is 0.315 e. The Morgan fingerprint density at radius 1 is 1.30 bits per heavy atom. The van der Waals surface area contributed by atoms with Crippen LogP contribution < -0.4 is 15.4 Å². The van der Waals surface area contributed by atoms with Gasteiger partial charge in [-0.1, -0.05) is 6.07 Å². The monoisotopic (exact) mass is 384 g/mol.